The first kappa shape index (κ1) is 14.3. The van der Waals surface area contributed by atoms with Crippen LogP contribution in [0.15, 0.2) is 17.1 Å². The lowest BCUT2D eigenvalue weighted by atomic mass is 10.3. The molecule has 0 aliphatic carbocycles. The second kappa shape index (κ2) is 6.85. The van der Waals surface area contributed by atoms with E-state index >= 15 is 0 Å². The van der Waals surface area contributed by atoms with E-state index in [-0.39, 0.29) is 11.6 Å². The van der Waals surface area contributed by atoms with Crippen LogP contribution in [0.1, 0.15) is 19.8 Å². The quantitative estimate of drug-likeness (QED) is 0.194. The molecule has 0 atom stereocenters. The number of anilines is 1. The third-order valence-electron chi connectivity index (χ3n) is 2.16. The lowest BCUT2D eigenvalue weighted by Gasteiger charge is -2.10. The minimum absolute atomic E-state index is 0.0485. The van der Waals surface area contributed by atoms with E-state index in [1.54, 1.807) is 0 Å². The van der Waals surface area contributed by atoms with Gasteiger partial charge in [-0.05, 0) is 6.42 Å². The number of nitrogens with one attached hydrogen (secondary N) is 2. The molecule has 0 saturated carbocycles. The van der Waals surface area contributed by atoms with E-state index in [1.807, 2.05) is 6.92 Å². The molecule has 0 aliphatic rings. The largest absolute Gasteiger partial charge is 0.323 e. The van der Waals surface area contributed by atoms with Gasteiger partial charge in [-0.2, -0.15) is 0 Å². The predicted molar refractivity (Wildman–Crippen MR) is 64.5 cm³/mol. The molecule has 0 amide bonds. The number of rotatable bonds is 4. The number of hydrogen-bond acceptors (Lipinski definition) is 2. The predicted octanol–water partition coefficient (Wildman–Crippen LogP) is 2.14. The van der Waals surface area contributed by atoms with Gasteiger partial charge in [0.25, 0.3) is 0 Å². The minimum atomic E-state index is -1.28. The maximum absolute atomic E-state index is 13.3. The zero-order valence-corrected chi connectivity index (χ0v) is 9.93. The third-order valence-corrected chi connectivity index (χ3v) is 2.16. The number of benzene rings is 1. The number of aliphatic imine (C=N–C) groups is 1. The van der Waals surface area contributed by atoms with Gasteiger partial charge in [-0.1, -0.05) is 13.3 Å². The molecule has 7 heteroatoms. The molecule has 0 fully saturated rings. The number of nitrogens with zero attached hydrogens (tertiary/aromatic N) is 1. The summed E-state index contributed by atoms with van der Waals surface area (Å²) >= 11 is 0. The summed E-state index contributed by atoms with van der Waals surface area (Å²) in [5.41, 5.74) is 1.84. The maximum Gasteiger partial charge on any atom is 0.210 e. The molecule has 0 aromatic heterocycles. The Bertz CT molecular complexity index is 435. The Morgan fingerprint density at radius 1 is 1.33 bits per heavy atom. The van der Waals surface area contributed by atoms with Crippen LogP contribution >= 0.6 is 0 Å². The second-order valence-electron chi connectivity index (χ2n) is 3.60. The van der Waals surface area contributed by atoms with Gasteiger partial charge in [-0.15, -0.1) is 0 Å². The summed E-state index contributed by atoms with van der Waals surface area (Å²) in [5, 5.41) is 2.40. The summed E-state index contributed by atoms with van der Waals surface area (Å²) in [7, 11) is 0. The van der Waals surface area contributed by atoms with Gasteiger partial charge in [0.15, 0.2) is 11.6 Å². The maximum atomic E-state index is 13.3. The molecule has 1 aromatic carbocycles. The molecule has 0 bridgehead atoms. The highest BCUT2D eigenvalue weighted by Gasteiger charge is 2.12. The van der Waals surface area contributed by atoms with Gasteiger partial charge in [-0.25, -0.2) is 19.0 Å². The number of nitrogens with two attached hydrogens (primary N) is 1. The van der Waals surface area contributed by atoms with Gasteiger partial charge in [-0.3, -0.25) is 10.4 Å². The van der Waals surface area contributed by atoms with Crippen LogP contribution < -0.4 is 16.6 Å². The van der Waals surface area contributed by atoms with Gasteiger partial charge in [0, 0.05) is 18.7 Å². The van der Waals surface area contributed by atoms with E-state index in [9.17, 15) is 13.2 Å². The first-order valence-electron chi connectivity index (χ1n) is 5.51. The fourth-order valence-electron chi connectivity index (χ4n) is 1.24. The molecule has 4 N–H and O–H groups in total. The minimum Gasteiger partial charge on any atom is -0.323 e. The number of halogens is 3. The average Bonchev–Trinajstić information content (AvgIpc) is 2.34. The van der Waals surface area contributed by atoms with Gasteiger partial charge in [0.05, 0.1) is 5.69 Å². The van der Waals surface area contributed by atoms with Crippen LogP contribution in [0.4, 0.5) is 18.9 Å². The molecule has 18 heavy (non-hydrogen) atoms. The fraction of sp³-hybridized carbons (Fsp3) is 0.364. The zero-order valence-electron chi connectivity index (χ0n) is 9.93. The van der Waals surface area contributed by atoms with Crippen molar-refractivity contribution in [3.8, 4) is 0 Å². The van der Waals surface area contributed by atoms with Gasteiger partial charge in [0.1, 0.15) is 5.82 Å². The van der Waals surface area contributed by atoms with E-state index < -0.39 is 17.5 Å². The van der Waals surface area contributed by atoms with Crippen LogP contribution in [0, 0.1) is 17.5 Å². The Morgan fingerprint density at radius 3 is 2.67 bits per heavy atom. The van der Waals surface area contributed by atoms with Crippen molar-refractivity contribution in [1.29, 1.82) is 0 Å². The van der Waals surface area contributed by atoms with E-state index in [2.05, 4.69) is 15.7 Å². The van der Waals surface area contributed by atoms with E-state index in [0.29, 0.717) is 12.6 Å². The standard InChI is InChI=1S/C11H15F3N4/c1-2-3-4-16-11(18-15)17-9-6-7(12)5-8(13)10(9)14/h5-6H,2-4,15H2,1H3,(H2,16,17,18). The molecular weight excluding hydrogens is 245 g/mol. The van der Waals surface area contributed by atoms with E-state index in [0.717, 1.165) is 18.9 Å². The molecule has 100 valence electrons. The Hall–Kier alpha value is -1.76. The third kappa shape index (κ3) is 3.92. The summed E-state index contributed by atoms with van der Waals surface area (Å²) in [6, 6.07) is 1.29. The van der Waals surface area contributed by atoms with Crippen molar-refractivity contribution < 1.29 is 13.2 Å². The smallest absolute Gasteiger partial charge is 0.210 e. The highest BCUT2D eigenvalue weighted by molar-refractivity contribution is 5.93. The number of hydrazine groups is 1. The molecule has 4 nitrogen and oxygen atoms in total. The van der Waals surface area contributed by atoms with Crippen LogP contribution in [0.2, 0.25) is 0 Å². The van der Waals surface area contributed by atoms with E-state index in [4.69, 9.17) is 5.84 Å². The van der Waals surface area contributed by atoms with Crippen molar-refractivity contribution in [3.05, 3.63) is 29.6 Å². The molecule has 0 radical (unpaired) electrons. The highest BCUT2D eigenvalue weighted by Crippen LogP contribution is 2.18. The molecule has 1 aromatic rings. The van der Waals surface area contributed by atoms with Crippen molar-refractivity contribution in [2.75, 3.05) is 11.9 Å². The average molecular weight is 260 g/mol. The van der Waals surface area contributed by atoms with Crippen molar-refractivity contribution in [1.82, 2.24) is 5.43 Å². The summed E-state index contributed by atoms with van der Waals surface area (Å²) in [6.45, 7) is 2.46. The summed E-state index contributed by atoms with van der Waals surface area (Å²) < 4.78 is 39.2. The summed E-state index contributed by atoms with van der Waals surface area (Å²) in [6.07, 6.45) is 1.76. The lowest BCUT2D eigenvalue weighted by Crippen LogP contribution is -2.36. The van der Waals surface area contributed by atoms with Crippen molar-refractivity contribution in [2.24, 2.45) is 10.8 Å². The Balaban J connectivity index is 2.84. The Kier molecular flexibility index (Phi) is 5.44. The van der Waals surface area contributed by atoms with Crippen molar-refractivity contribution in [3.63, 3.8) is 0 Å². The summed E-state index contributed by atoms with van der Waals surface area (Å²) in [5.74, 6) is 1.88. The Labute approximate surface area is 103 Å². The molecule has 0 heterocycles. The van der Waals surface area contributed by atoms with Gasteiger partial charge in [0.2, 0.25) is 5.96 Å². The number of guanidine groups is 1. The molecular formula is C11H15F3N4. The van der Waals surface area contributed by atoms with Crippen LogP contribution in [-0.2, 0) is 0 Å². The summed E-state index contributed by atoms with van der Waals surface area (Å²) in [4.78, 5) is 3.99. The second-order valence-corrected chi connectivity index (χ2v) is 3.60. The van der Waals surface area contributed by atoms with Crippen molar-refractivity contribution in [2.45, 2.75) is 19.8 Å². The van der Waals surface area contributed by atoms with Crippen LogP contribution in [0.3, 0.4) is 0 Å². The van der Waals surface area contributed by atoms with Crippen LogP contribution in [-0.4, -0.2) is 12.5 Å². The first-order chi connectivity index (χ1) is 8.58. The van der Waals surface area contributed by atoms with Crippen LogP contribution in [0.5, 0.6) is 0 Å². The molecule has 0 saturated heterocycles. The van der Waals surface area contributed by atoms with Gasteiger partial charge < -0.3 is 5.32 Å². The topological polar surface area (TPSA) is 62.4 Å². The molecule has 0 aliphatic heterocycles. The van der Waals surface area contributed by atoms with Gasteiger partial charge >= 0.3 is 0 Å². The van der Waals surface area contributed by atoms with Crippen molar-refractivity contribution >= 4 is 11.6 Å². The normalized spacial score (nSPS) is 11.5. The Morgan fingerprint density at radius 2 is 2.06 bits per heavy atom. The zero-order chi connectivity index (χ0) is 13.5. The monoisotopic (exact) mass is 260 g/mol. The molecule has 0 spiro atoms. The molecule has 1 rings (SSSR count). The number of hydrogen-bond donors (Lipinski definition) is 3. The van der Waals surface area contributed by atoms with E-state index in [1.165, 1.54) is 0 Å². The lowest BCUT2D eigenvalue weighted by molar-refractivity contribution is 0.498. The van der Waals surface area contributed by atoms with Crippen LogP contribution in [0.25, 0.3) is 0 Å². The first-order valence-corrected chi connectivity index (χ1v) is 5.51. The highest BCUT2D eigenvalue weighted by atomic mass is 19.2. The molecule has 0 unspecified atom stereocenters. The fourth-order valence-corrected chi connectivity index (χ4v) is 1.24. The number of unbranched alkanes of at least 4 members (excludes halogenated alkanes) is 1. The SMILES string of the molecule is CCCCN=C(NN)Nc1cc(F)cc(F)c1F.